The molecule has 6 nitrogen and oxygen atoms in total. The average molecular weight is 355 g/mol. The number of hydrogen-bond donors (Lipinski definition) is 3. The largest absolute Gasteiger partial charge is 0.573 e. The molecule has 136 valence electrons. The summed E-state index contributed by atoms with van der Waals surface area (Å²) in [5, 5.41) is 5.99. The Labute approximate surface area is 143 Å². The van der Waals surface area contributed by atoms with Crippen LogP contribution in [-0.2, 0) is 6.42 Å². The summed E-state index contributed by atoms with van der Waals surface area (Å²) in [7, 11) is 0. The van der Waals surface area contributed by atoms with Crippen LogP contribution in [-0.4, -0.2) is 29.2 Å². The number of alkyl halides is 3. The van der Waals surface area contributed by atoms with Gasteiger partial charge >= 0.3 is 6.36 Å². The Kier molecular flexibility index (Phi) is 6.16. The van der Waals surface area contributed by atoms with Crippen LogP contribution in [0.3, 0.4) is 0 Å². The zero-order valence-electron chi connectivity index (χ0n) is 13.9. The van der Waals surface area contributed by atoms with Crippen LogP contribution in [0.4, 0.5) is 19.1 Å². The highest BCUT2D eigenvalue weighted by molar-refractivity contribution is 5.29. The molecule has 0 radical (unpaired) electrons. The smallest absolute Gasteiger partial charge is 0.406 e. The monoisotopic (exact) mass is 355 g/mol. The fourth-order valence-electron chi connectivity index (χ4n) is 2.21. The van der Waals surface area contributed by atoms with Gasteiger partial charge in [-0.3, -0.25) is 11.1 Å². The Morgan fingerprint density at radius 3 is 2.28 bits per heavy atom. The van der Waals surface area contributed by atoms with Gasteiger partial charge in [0.15, 0.2) is 0 Å². The van der Waals surface area contributed by atoms with Crippen molar-refractivity contribution in [3.63, 3.8) is 0 Å². The molecule has 0 aliphatic carbocycles. The van der Waals surface area contributed by atoms with E-state index in [9.17, 15) is 13.2 Å². The molecule has 0 bridgehead atoms. The first kappa shape index (κ1) is 18.9. The van der Waals surface area contributed by atoms with E-state index in [2.05, 4.69) is 25.3 Å². The van der Waals surface area contributed by atoms with Crippen molar-refractivity contribution in [2.45, 2.75) is 32.9 Å². The lowest BCUT2D eigenvalue weighted by Gasteiger charge is -2.16. The minimum atomic E-state index is -4.68. The van der Waals surface area contributed by atoms with Gasteiger partial charge < -0.3 is 10.1 Å². The Bertz CT molecular complexity index is 671. The first-order chi connectivity index (χ1) is 11.7. The van der Waals surface area contributed by atoms with E-state index in [1.165, 1.54) is 12.1 Å². The molecule has 0 saturated carbocycles. The number of anilines is 1. The highest BCUT2D eigenvalue weighted by atomic mass is 19.4. The summed E-state index contributed by atoms with van der Waals surface area (Å²) in [4.78, 5) is 8.46. The lowest BCUT2D eigenvalue weighted by Crippen LogP contribution is -2.45. The summed E-state index contributed by atoms with van der Waals surface area (Å²) < 4.78 is 40.1. The third kappa shape index (κ3) is 6.94. The third-order valence-electron chi connectivity index (χ3n) is 3.20. The van der Waals surface area contributed by atoms with Crippen molar-refractivity contribution >= 4 is 5.95 Å². The summed E-state index contributed by atoms with van der Waals surface area (Å²) in [6.45, 7) is 4.26. The topological polar surface area (TPSA) is 85.1 Å². The quantitative estimate of drug-likeness (QED) is 0.662. The minimum absolute atomic E-state index is 0.241. The van der Waals surface area contributed by atoms with Crippen LogP contribution >= 0.6 is 0 Å². The highest BCUT2D eigenvalue weighted by Gasteiger charge is 2.30. The van der Waals surface area contributed by atoms with Crippen molar-refractivity contribution in [3.05, 3.63) is 47.3 Å². The second-order valence-corrected chi connectivity index (χ2v) is 5.49. The number of nitrogens with zero attached hydrogens (tertiary/aromatic N) is 2. The third-order valence-corrected chi connectivity index (χ3v) is 3.20. The zero-order chi connectivity index (χ0) is 18.4. The zero-order valence-corrected chi connectivity index (χ0v) is 13.9. The van der Waals surface area contributed by atoms with Crippen molar-refractivity contribution in [3.8, 4) is 5.75 Å². The number of halogens is 3. The molecule has 0 aliphatic heterocycles. The minimum Gasteiger partial charge on any atom is -0.406 e. The van der Waals surface area contributed by atoms with Gasteiger partial charge in [0, 0.05) is 17.9 Å². The van der Waals surface area contributed by atoms with Gasteiger partial charge in [-0.15, -0.1) is 13.2 Å². The molecular formula is C16H20F3N5O. The molecule has 4 N–H and O–H groups in total. The van der Waals surface area contributed by atoms with Crippen molar-refractivity contribution in [1.29, 1.82) is 0 Å². The molecule has 1 unspecified atom stereocenters. The number of hydrogen-bond acceptors (Lipinski definition) is 6. The lowest BCUT2D eigenvalue weighted by atomic mass is 10.1. The molecule has 1 atom stereocenters. The molecule has 1 aromatic heterocycles. The van der Waals surface area contributed by atoms with Crippen molar-refractivity contribution in [2.75, 3.05) is 11.9 Å². The molecule has 1 heterocycles. The second kappa shape index (κ2) is 8.13. The number of ether oxygens (including phenoxy) is 1. The van der Waals surface area contributed by atoms with E-state index in [1.54, 1.807) is 12.1 Å². The Hall–Kier alpha value is -2.39. The van der Waals surface area contributed by atoms with Gasteiger partial charge in [-0.1, -0.05) is 12.1 Å². The molecule has 1 aromatic carbocycles. The molecule has 0 saturated heterocycles. The Balaban J connectivity index is 1.78. The summed E-state index contributed by atoms with van der Waals surface area (Å²) in [5.41, 5.74) is 8.45. The van der Waals surface area contributed by atoms with E-state index in [0.29, 0.717) is 18.9 Å². The van der Waals surface area contributed by atoms with Gasteiger partial charge in [-0.2, -0.15) is 0 Å². The lowest BCUT2D eigenvalue weighted by molar-refractivity contribution is -0.274. The second-order valence-electron chi connectivity index (χ2n) is 5.49. The number of nitrogens with one attached hydrogen (secondary N) is 2. The van der Waals surface area contributed by atoms with Gasteiger partial charge in [0.2, 0.25) is 5.95 Å². The van der Waals surface area contributed by atoms with E-state index in [0.717, 1.165) is 17.0 Å². The Morgan fingerprint density at radius 2 is 1.72 bits per heavy atom. The van der Waals surface area contributed by atoms with Crippen LogP contribution in [0, 0.1) is 13.8 Å². The Morgan fingerprint density at radius 1 is 1.12 bits per heavy atom. The van der Waals surface area contributed by atoms with Crippen LogP contribution in [0.25, 0.3) is 0 Å². The summed E-state index contributed by atoms with van der Waals surface area (Å²) in [6.07, 6.45) is -4.64. The normalized spacial score (nSPS) is 12.7. The summed E-state index contributed by atoms with van der Waals surface area (Å²) in [6, 6.07) is 7.58. The molecule has 25 heavy (non-hydrogen) atoms. The van der Waals surface area contributed by atoms with E-state index in [1.807, 2.05) is 19.9 Å². The van der Waals surface area contributed by atoms with Crippen molar-refractivity contribution in [2.24, 2.45) is 5.73 Å². The van der Waals surface area contributed by atoms with E-state index >= 15 is 0 Å². The predicted molar refractivity (Wildman–Crippen MR) is 87.9 cm³/mol. The number of aromatic nitrogens is 2. The van der Waals surface area contributed by atoms with Crippen LogP contribution in [0.2, 0.25) is 0 Å². The molecule has 2 aromatic rings. The van der Waals surface area contributed by atoms with E-state index in [4.69, 9.17) is 5.73 Å². The van der Waals surface area contributed by atoms with Gasteiger partial charge in [0.25, 0.3) is 0 Å². The number of aryl methyl sites for hydroxylation is 2. The van der Waals surface area contributed by atoms with Crippen LogP contribution in [0.1, 0.15) is 17.0 Å². The molecule has 0 amide bonds. The molecule has 0 spiro atoms. The number of rotatable bonds is 7. The van der Waals surface area contributed by atoms with E-state index in [-0.39, 0.29) is 5.75 Å². The maximum absolute atomic E-state index is 12.1. The molecule has 9 heteroatoms. The molecular weight excluding hydrogens is 335 g/mol. The molecule has 0 aliphatic rings. The molecule has 2 rings (SSSR count). The van der Waals surface area contributed by atoms with Crippen molar-refractivity contribution in [1.82, 2.24) is 15.3 Å². The van der Waals surface area contributed by atoms with Gasteiger partial charge in [0.05, 0.1) is 0 Å². The summed E-state index contributed by atoms with van der Waals surface area (Å²) >= 11 is 0. The predicted octanol–water partition coefficient (Wildman–Crippen LogP) is 2.48. The fraction of sp³-hybridized carbons (Fsp3) is 0.375. The van der Waals surface area contributed by atoms with Gasteiger partial charge in [0.1, 0.15) is 12.0 Å². The van der Waals surface area contributed by atoms with Gasteiger partial charge in [-0.25, -0.2) is 9.97 Å². The standard InChI is InChI=1S/C16H20F3N5O/c1-10-9-11(2)23-15(22-10)24-14(20)21-8-7-12-3-5-13(6-4-12)25-16(17,18)19/h3-6,9,14,21H,7-8,20H2,1-2H3,(H,22,23,24). The van der Waals surface area contributed by atoms with Crippen LogP contribution < -0.4 is 21.1 Å². The maximum Gasteiger partial charge on any atom is 0.573 e. The summed E-state index contributed by atoms with van der Waals surface area (Å²) in [5.74, 6) is 0.195. The van der Waals surface area contributed by atoms with E-state index < -0.39 is 12.7 Å². The average Bonchev–Trinajstić information content (AvgIpc) is 2.46. The maximum atomic E-state index is 12.1. The number of benzene rings is 1. The first-order valence-electron chi connectivity index (χ1n) is 7.64. The fourth-order valence-corrected chi connectivity index (χ4v) is 2.21. The highest BCUT2D eigenvalue weighted by Crippen LogP contribution is 2.22. The number of nitrogens with two attached hydrogens (primary N) is 1. The first-order valence-corrected chi connectivity index (χ1v) is 7.64. The van der Waals surface area contributed by atoms with Crippen LogP contribution in [0.15, 0.2) is 30.3 Å². The SMILES string of the molecule is Cc1cc(C)nc(NC(N)NCCc2ccc(OC(F)(F)F)cc2)n1. The van der Waals surface area contributed by atoms with Gasteiger partial charge in [-0.05, 0) is 44.0 Å². The van der Waals surface area contributed by atoms with Crippen molar-refractivity contribution < 1.29 is 17.9 Å². The van der Waals surface area contributed by atoms with Crippen LogP contribution in [0.5, 0.6) is 5.75 Å². The molecule has 0 fully saturated rings.